The van der Waals surface area contributed by atoms with Crippen LogP contribution in [0.5, 0.6) is 0 Å². The van der Waals surface area contributed by atoms with Gasteiger partial charge in [-0.3, -0.25) is 0 Å². The van der Waals surface area contributed by atoms with Gasteiger partial charge >= 0.3 is 6.03 Å². The predicted molar refractivity (Wildman–Crippen MR) is 70.2 cm³/mol. The van der Waals surface area contributed by atoms with E-state index >= 15 is 0 Å². The molecular formula is C14H20N2O2. The van der Waals surface area contributed by atoms with E-state index in [1.807, 2.05) is 37.3 Å². The maximum atomic E-state index is 12.0. The van der Waals surface area contributed by atoms with Gasteiger partial charge in [0.2, 0.25) is 0 Å². The lowest BCUT2D eigenvalue weighted by Crippen LogP contribution is -2.46. The van der Waals surface area contributed by atoms with Gasteiger partial charge in [-0.15, -0.1) is 0 Å². The van der Waals surface area contributed by atoms with Crippen molar-refractivity contribution in [3.63, 3.8) is 0 Å². The Morgan fingerprint density at radius 3 is 2.56 bits per heavy atom. The minimum absolute atomic E-state index is 0.00514. The summed E-state index contributed by atoms with van der Waals surface area (Å²) >= 11 is 0. The number of likely N-dealkylation sites (tertiary alicyclic amines) is 1. The Labute approximate surface area is 108 Å². The number of hydrogen-bond donors (Lipinski definition) is 2. The van der Waals surface area contributed by atoms with Crippen molar-refractivity contribution in [3.8, 4) is 0 Å². The lowest BCUT2D eigenvalue weighted by Gasteiger charge is -2.30. The molecule has 0 radical (unpaired) electrons. The molecular weight excluding hydrogens is 228 g/mol. The van der Waals surface area contributed by atoms with Crippen LogP contribution in [0.4, 0.5) is 4.79 Å². The highest BCUT2D eigenvalue weighted by Gasteiger charge is 2.22. The molecule has 2 amide bonds. The number of nitrogens with zero attached hydrogens (tertiary/aromatic N) is 1. The minimum Gasteiger partial charge on any atom is -0.393 e. The van der Waals surface area contributed by atoms with Gasteiger partial charge in [-0.25, -0.2) is 4.79 Å². The number of aliphatic hydroxyl groups excluding tert-OH is 1. The third-order valence-corrected chi connectivity index (χ3v) is 3.39. The van der Waals surface area contributed by atoms with Crippen LogP contribution in [0, 0.1) is 0 Å². The third-order valence-electron chi connectivity index (χ3n) is 3.39. The maximum absolute atomic E-state index is 12.0. The maximum Gasteiger partial charge on any atom is 0.317 e. The Morgan fingerprint density at radius 1 is 1.33 bits per heavy atom. The molecule has 0 spiro atoms. The predicted octanol–water partition coefficient (Wildman–Crippen LogP) is 1.91. The number of hydrogen-bond acceptors (Lipinski definition) is 2. The van der Waals surface area contributed by atoms with E-state index in [1.54, 1.807) is 4.90 Å². The van der Waals surface area contributed by atoms with Crippen LogP contribution in [0.1, 0.15) is 31.4 Å². The third kappa shape index (κ3) is 3.23. The molecule has 4 heteroatoms. The lowest BCUT2D eigenvalue weighted by atomic mass is 10.1. The number of benzene rings is 1. The van der Waals surface area contributed by atoms with Crippen LogP contribution in [-0.2, 0) is 0 Å². The molecule has 98 valence electrons. The standard InChI is InChI=1S/C14H20N2O2/c1-11(12-5-3-2-4-6-12)15-14(18)16-9-7-13(17)8-10-16/h2-6,11,13,17H,7-10H2,1H3,(H,15,18)/t11-/m0/s1. The van der Waals surface area contributed by atoms with E-state index in [4.69, 9.17) is 0 Å². The van der Waals surface area contributed by atoms with Crippen LogP contribution in [0.3, 0.4) is 0 Å². The molecule has 1 saturated heterocycles. The first-order valence-corrected chi connectivity index (χ1v) is 6.45. The van der Waals surface area contributed by atoms with Crippen LogP contribution in [0.25, 0.3) is 0 Å². The molecule has 1 aromatic carbocycles. The molecule has 1 heterocycles. The molecule has 1 aliphatic heterocycles. The number of piperidine rings is 1. The van der Waals surface area contributed by atoms with Crippen molar-refractivity contribution in [2.45, 2.75) is 31.9 Å². The fraction of sp³-hybridized carbons (Fsp3) is 0.500. The van der Waals surface area contributed by atoms with E-state index in [0.29, 0.717) is 25.9 Å². The molecule has 0 aliphatic carbocycles. The summed E-state index contributed by atoms with van der Waals surface area (Å²) in [7, 11) is 0. The molecule has 0 bridgehead atoms. The van der Waals surface area contributed by atoms with Crippen molar-refractivity contribution in [3.05, 3.63) is 35.9 Å². The average molecular weight is 248 g/mol. The zero-order valence-corrected chi connectivity index (χ0v) is 10.7. The van der Waals surface area contributed by atoms with Crippen molar-refractivity contribution < 1.29 is 9.90 Å². The van der Waals surface area contributed by atoms with Gasteiger partial charge in [0.25, 0.3) is 0 Å². The van der Waals surface area contributed by atoms with Gasteiger partial charge in [-0.1, -0.05) is 30.3 Å². The summed E-state index contributed by atoms with van der Waals surface area (Å²) in [4.78, 5) is 13.8. The summed E-state index contributed by atoms with van der Waals surface area (Å²) < 4.78 is 0. The molecule has 1 atom stereocenters. The highest BCUT2D eigenvalue weighted by Crippen LogP contribution is 2.14. The number of aliphatic hydroxyl groups is 1. The van der Waals surface area contributed by atoms with Crippen molar-refractivity contribution >= 4 is 6.03 Å². The van der Waals surface area contributed by atoms with Gasteiger partial charge in [0, 0.05) is 13.1 Å². The summed E-state index contributed by atoms with van der Waals surface area (Å²) in [5.41, 5.74) is 1.10. The zero-order valence-electron chi connectivity index (χ0n) is 10.7. The van der Waals surface area contributed by atoms with E-state index in [1.165, 1.54) is 0 Å². The number of urea groups is 1. The van der Waals surface area contributed by atoms with E-state index in [0.717, 1.165) is 5.56 Å². The van der Waals surface area contributed by atoms with Gasteiger partial charge in [0.05, 0.1) is 12.1 Å². The first kappa shape index (κ1) is 12.9. The average Bonchev–Trinajstić information content (AvgIpc) is 2.40. The van der Waals surface area contributed by atoms with Crippen molar-refractivity contribution in [2.75, 3.05) is 13.1 Å². The van der Waals surface area contributed by atoms with Crippen molar-refractivity contribution in [1.29, 1.82) is 0 Å². The molecule has 1 aromatic rings. The molecule has 0 aromatic heterocycles. The summed E-state index contributed by atoms with van der Waals surface area (Å²) in [6, 6.07) is 9.87. The summed E-state index contributed by atoms with van der Waals surface area (Å²) in [6.45, 7) is 3.25. The zero-order chi connectivity index (χ0) is 13.0. The summed E-state index contributed by atoms with van der Waals surface area (Å²) in [6.07, 6.45) is 1.10. The Hall–Kier alpha value is -1.55. The molecule has 18 heavy (non-hydrogen) atoms. The van der Waals surface area contributed by atoms with Crippen molar-refractivity contribution in [2.24, 2.45) is 0 Å². The topological polar surface area (TPSA) is 52.6 Å². The highest BCUT2D eigenvalue weighted by molar-refractivity contribution is 5.74. The first-order chi connectivity index (χ1) is 8.66. The SMILES string of the molecule is C[C@H](NC(=O)N1CCC(O)CC1)c1ccccc1. The highest BCUT2D eigenvalue weighted by atomic mass is 16.3. The van der Waals surface area contributed by atoms with Crippen molar-refractivity contribution in [1.82, 2.24) is 10.2 Å². The second-order valence-electron chi connectivity index (χ2n) is 4.80. The fourth-order valence-corrected chi connectivity index (χ4v) is 2.17. The smallest absolute Gasteiger partial charge is 0.317 e. The molecule has 4 nitrogen and oxygen atoms in total. The summed E-state index contributed by atoms with van der Waals surface area (Å²) in [5.74, 6) is 0. The molecule has 2 rings (SSSR count). The second kappa shape index (κ2) is 5.87. The first-order valence-electron chi connectivity index (χ1n) is 6.45. The van der Waals surface area contributed by atoms with E-state index in [-0.39, 0.29) is 18.2 Å². The van der Waals surface area contributed by atoms with E-state index in [9.17, 15) is 9.90 Å². The quantitative estimate of drug-likeness (QED) is 0.840. The Kier molecular flexibility index (Phi) is 4.20. The normalized spacial score (nSPS) is 18.4. The van der Waals surface area contributed by atoms with E-state index in [2.05, 4.69) is 5.32 Å². The van der Waals surface area contributed by atoms with Crippen LogP contribution in [-0.4, -0.2) is 35.2 Å². The number of carbonyl (C=O) groups excluding carboxylic acids is 1. The van der Waals surface area contributed by atoms with Gasteiger partial charge in [-0.05, 0) is 25.3 Å². The number of nitrogens with one attached hydrogen (secondary N) is 1. The van der Waals surface area contributed by atoms with Crippen LogP contribution in [0.15, 0.2) is 30.3 Å². The Balaban J connectivity index is 1.87. The second-order valence-corrected chi connectivity index (χ2v) is 4.80. The van der Waals surface area contributed by atoms with Gasteiger partial charge in [0.1, 0.15) is 0 Å². The van der Waals surface area contributed by atoms with Crippen LogP contribution < -0.4 is 5.32 Å². The number of amides is 2. The number of carbonyl (C=O) groups is 1. The fourth-order valence-electron chi connectivity index (χ4n) is 2.17. The lowest BCUT2D eigenvalue weighted by molar-refractivity contribution is 0.0930. The molecule has 2 N–H and O–H groups in total. The molecule has 0 unspecified atom stereocenters. The minimum atomic E-state index is -0.249. The van der Waals surface area contributed by atoms with Gasteiger partial charge < -0.3 is 15.3 Å². The van der Waals surface area contributed by atoms with E-state index < -0.39 is 0 Å². The number of rotatable bonds is 2. The molecule has 0 saturated carbocycles. The Morgan fingerprint density at radius 2 is 1.94 bits per heavy atom. The molecule has 1 aliphatic rings. The Bertz CT molecular complexity index is 386. The summed E-state index contributed by atoms with van der Waals surface area (Å²) in [5, 5.41) is 12.4. The van der Waals surface area contributed by atoms with Crippen LogP contribution in [0.2, 0.25) is 0 Å². The van der Waals surface area contributed by atoms with Gasteiger partial charge in [-0.2, -0.15) is 0 Å². The van der Waals surface area contributed by atoms with Crippen LogP contribution >= 0.6 is 0 Å². The molecule has 1 fully saturated rings. The monoisotopic (exact) mass is 248 g/mol. The largest absolute Gasteiger partial charge is 0.393 e. The van der Waals surface area contributed by atoms with Gasteiger partial charge in [0.15, 0.2) is 0 Å².